The molecule has 0 aliphatic carbocycles. The van der Waals surface area contributed by atoms with E-state index in [4.69, 9.17) is 4.42 Å². The highest BCUT2D eigenvalue weighted by atomic mass is 32.2. The number of anilines is 1. The summed E-state index contributed by atoms with van der Waals surface area (Å²) in [6.07, 6.45) is -4.70. The molecule has 2 aromatic heterocycles. The fourth-order valence-electron chi connectivity index (χ4n) is 2.14. The molecule has 0 saturated carbocycles. The first-order valence-corrected chi connectivity index (χ1v) is 8.79. The van der Waals surface area contributed by atoms with Crippen molar-refractivity contribution in [3.63, 3.8) is 0 Å². The van der Waals surface area contributed by atoms with Crippen molar-refractivity contribution in [1.29, 1.82) is 0 Å². The third-order valence-electron chi connectivity index (χ3n) is 3.65. The molecule has 1 aromatic carbocycles. The molecule has 0 fully saturated rings. The van der Waals surface area contributed by atoms with Gasteiger partial charge >= 0.3 is 6.18 Å². The average molecular weight is 386 g/mol. The Balaban J connectivity index is 1.86. The highest BCUT2D eigenvalue weighted by Crippen LogP contribution is 2.33. The number of furan rings is 1. The van der Waals surface area contributed by atoms with Gasteiger partial charge in [-0.2, -0.15) is 21.6 Å². The molecule has 0 bridgehead atoms. The van der Waals surface area contributed by atoms with E-state index in [0.717, 1.165) is 17.2 Å². The Kier molecular flexibility index (Phi) is 4.31. The van der Waals surface area contributed by atoms with Gasteiger partial charge in [-0.05, 0) is 49.2 Å². The molecule has 6 nitrogen and oxygen atoms in total. The number of hydrogen-bond acceptors (Lipinski definition) is 5. The Morgan fingerprint density at radius 2 is 1.77 bits per heavy atom. The Labute approximate surface area is 146 Å². The summed E-state index contributed by atoms with van der Waals surface area (Å²) in [5, 5.41) is 2.79. The number of nitrogens with one attached hydrogen (secondary N) is 1. The zero-order chi connectivity index (χ0) is 19.1. The average Bonchev–Trinajstić information content (AvgIpc) is 3.18. The Morgan fingerprint density at radius 1 is 1.04 bits per heavy atom. The molecule has 0 saturated heterocycles. The lowest BCUT2D eigenvalue weighted by atomic mass is 10.1. The van der Waals surface area contributed by atoms with Crippen molar-refractivity contribution in [3.8, 4) is 11.5 Å². The normalized spacial score (nSPS) is 12.3. The lowest BCUT2D eigenvalue weighted by Crippen LogP contribution is -2.12. The maximum atomic E-state index is 12.5. The molecule has 0 aliphatic heterocycles. The van der Waals surface area contributed by atoms with Crippen LogP contribution in [0.2, 0.25) is 0 Å². The van der Waals surface area contributed by atoms with Gasteiger partial charge in [0.1, 0.15) is 5.69 Å². The van der Waals surface area contributed by atoms with Crippen LogP contribution in [0.25, 0.3) is 11.5 Å². The number of alkyl halides is 3. The van der Waals surface area contributed by atoms with Crippen LogP contribution in [0.5, 0.6) is 0 Å². The zero-order valence-electron chi connectivity index (χ0n) is 13.6. The SMILES string of the molecule is Cc1ccc(NS(=O)(=O)c2ccc(-c3cc(C(F)(F)F)on3)o2)cc1C. The number of benzene rings is 1. The van der Waals surface area contributed by atoms with Crippen LogP contribution in [-0.4, -0.2) is 13.6 Å². The quantitative estimate of drug-likeness (QED) is 0.720. The Morgan fingerprint density at radius 3 is 2.38 bits per heavy atom. The summed E-state index contributed by atoms with van der Waals surface area (Å²) in [4.78, 5) is 0. The van der Waals surface area contributed by atoms with Gasteiger partial charge < -0.3 is 8.94 Å². The van der Waals surface area contributed by atoms with Crippen molar-refractivity contribution in [1.82, 2.24) is 5.16 Å². The van der Waals surface area contributed by atoms with Gasteiger partial charge in [-0.3, -0.25) is 4.72 Å². The van der Waals surface area contributed by atoms with E-state index in [1.165, 1.54) is 6.07 Å². The minimum Gasteiger partial charge on any atom is -0.441 e. The molecular formula is C16H13F3N2O4S. The van der Waals surface area contributed by atoms with Crippen molar-refractivity contribution in [2.24, 2.45) is 0 Å². The van der Waals surface area contributed by atoms with Crippen LogP contribution in [0.3, 0.4) is 0 Å². The number of sulfonamides is 1. The second-order valence-corrected chi connectivity index (χ2v) is 7.21. The van der Waals surface area contributed by atoms with Gasteiger partial charge in [-0.15, -0.1) is 0 Å². The van der Waals surface area contributed by atoms with Crippen molar-refractivity contribution < 1.29 is 30.5 Å². The van der Waals surface area contributed by atoms with Crippen LogP contribution in [0, 0.1) is 13.8 Å². The van der Waals surface area contributed by atoms with E-state index < -0.39 is 27.1 Å². The molecule has 0 radical (unpaired) electrons. The largest absolute Gasteiger partial charge is 0.452 e. The minimum atomic E-state index is -4.70. The smallest absolute Gasteiger partial charge is 0.441 e. The van der Waals surface area contributed by atoms with Crippen LogP contribution in [0.1, 0.15) is 16.9 Å². The second-order valence-electron chi connectivity index (χ2n) is 5.60. The number of aryl methyl sites for hydroxylation is 2. The van der Waals surface area contributed by atoms with Crippen molar-refractivity contribution in [3.05, 3.63) is 53.3 Å². The Hall–Kier alpha value is -2.75. The van der Waals surface area contributed by atoms with Crippen molar-refractivity contribution in [2.75, 3.05) is 4.72 Å². The van der Waals surface area contributed by atoms with E-state index in [0.29, 0.717) is 11.8 Å². The van der Waals surface area contributed by atoms with Gasteiger partial charge in [0.2, 0.25) is 10.9 Å². The molecule has 0 spiro atoms. The number of rotatable bonds is 4. The number of hydrogen-bond donors (Lipinski definition) is 1. The zero-order valence-corrected chi connectivity index (χ0v) is 14.4. The molecule has 0 unspecified atom stereocenters. The molecule has 1 N–H and O–H groups in total. The minimum absolute atomic E-state index is 0.162. The van der Waals surface area contributed by atoms with E-state index in [-0.39, 0.29) is 11.5 Å². The highest BCUT2D eigenvalue weighted by molar-refractivity contribution is 7.92. The van der Waals surface area contributed by atoms with Crippen LogP contribution < -0.4 is 4.72 Å². The molecule has 3 rings (SSSR count). The predicted octanol–water partition coefficient (Wildman–Crippen LogP) is 4.37. The summed E-state index contributed by atoms with van der Waals surface area (Å²) in [5.74, 6) is -1.47. The molecule has 0 atom stereocenters. The van der Waals surface area contributed by atoms with Crippen molar-refractivity contribution >= 4 is 15.7 Å². The molecule has 2 heterocycles. The van der Waals surface area contributed by atoms with Gasteiger partial charge in [0, 0.05) is 11.8 Å². The van der Waals surface area contributed by atoms with E-state index in [1.54, 1.807) is 18.2 Å². The summed E-state index contributed by atoms with van der Waals surface area (Å²) in [7, 11) is -4.05. The van der Waals surface area contributed by atoms with Crippen LogP contribution in [0.15, 0.2) is 50.4 Å². The fourth-order valence-corrected chi connectivity index (χ4v) is 3.12. The summed E-state index contributed by atoms with van der Waals surface area (Å²) in [6.45, 7) is 3.72. The number of halogens is 3. The van der Waals surface area contributed by atoms with Crippen molar-refractivity contribution in [2.45, 2.75) is 25.1 Å². The molecule has 0 aliphatic rings. The van der Waals surface area contributed by atoms with Crippen LogP contribution >= 0.6 is 0 Å². The van der Waals surface area contributed by atoms with E-state index >= 15 is 0 Å². The first-order valence-electron chi connectivity index (χ1n) is 7.30. The highest BCUT2D eigenvalue weighted by Gasteiger charge is 2.36. The number of nitrogens with zero attached hydrogens (tertiary/aromatic N) is 1. The predicted molar refractivity (Wildman–Crippen MR) is 85.9 cm³/mol. The first kappa shape index (κ1) is 18.1. The second kappa shape index (κ2) is 6.20. The molecule has 26 heavy (non-hydrogen) atoms. The van der Waals surface area contributed by atoms with Crippen LogP contribution in [0.4, 0.5) is 18.9 Å². The molecule has 10 heteroatoms. The fraction of sp³-hybridized carbons (Fsp3) is 0.188. The van der Waals surface area contributed by atoms with Gasteiger partial charge in [0.15, 0.2) is 5.76 Å². The molecular weight excluding hydrogens is 373 g/mol. The lowest BCUT2D eigenvalue weighted by Gasteiger charge is -2.07. The first-order chi connectivity index (χ1) is 12.1. The third kappa shape index (κ3) is 3.59. The van der Waals surface area contributed by atoms with E-state index in [9.17, 15) is 21.6 Å². The maximum Gasteiger partial charge on any atom is 0.452 e. The van der Waals surface area contributed by atoms with Gasteiger partial charge in [0.25, 0.3) is 10.0 Å². The van der Waals surface area contributed by atoms with E-state index in [1.807, 2.05) is 13.8 Å². The lowest BCUT2D eigenvalue weighted by molar-refractivity contribution is -0.155. The summed E-state index contributed by atoms with van der Waals surface area (Å²) >= 11 is 0. The standard InChI is InChI=1S/C16H13F3N2O4S/c1-9-3-4-11(7-10(9)2)21-26(22,23)15-6-5-13(24-15)12-8-14(25-20-12)16(17,18)19/h3-8,21H,1-2H3. The third-order valence-corrected chi connectivity index (χ3v) is 4.90. The van der Waals surface area contributed by atoms with Crippen LogP contribution in [-0.2, 0) is 16.2 Å². The van der Waals surface area contributed by atoms with Gasteiger partial charge in [0.05, 0.1) is 0 Å². The number of aromatic nitrogens is 1. The summed E-state index contributed by atoms with van der Waals surface area (Å²) < 4.78 is 74.1. The van der Waals surface area contributed by atoms with Gasteiger partial charge in [-0.1, -0.05) is 11.2 Å². The monoisotopic (exact) mass is 386 g/mol. The molecule has 0 amide bonds. The van der Waals surface area contributed by atoms with Gasteiger partial charge in [-0.25, -0.2) is 0 Å². The molecule has 138 valence electrons. The summed E-state index contributed by atoms with van der Waals surface area (Å²) in [5.41, 5.74) is 1.98. The Bertz CT molecular complexity index is 1050. The summed E-state index contributed by atoms with van der Waals surface area (Å²) in [6, 6.07) is 7.97. The molecule has 3 aromatic rings. The topological polar surface area (TPSA) is 85.3 Å². The van der Waals surface area contributed by atoms with E-state index in [2.05, 4.69) is 14.4 Å². The maximum absolute atomic E-state index is 12.5.